The molecule has 3 fully saturated rings. The van der Waals surface area contributed by atoms with Crippen LogP contribution in [0, 0.1) is 12.3 Å². The van der Waals surface area contributed by atoms with Crippen molar-refractivity contribution in [2.75, 3.05) is 6.54 Å². The quantitative estimate of drug-likeness (QED) is 0.296. The third kappa shape index (κ3) is 3.99. The molecule has 0 bridgehead atoms. The maximum absolute atomic E-state index is 14.2. The maximum Gasteiger partial charge on any atom is 0.298 e. The Balaban J connectivity index is 1.37. The number of piperidine rings is 1. The minimum Gasteiger partial charge on any atom is -0.429 e. The first kappa shape index (κ1) is 23.5. The van der Waals surface area contributed by atoms with E-state index in [4.69, 9.17) is 4.74 Å². The molecule has 0 radical (unpaired) electrons. The third-order valence-corrected chi connectivity index (χ3v) is 8.46. The van der Waals surface area contributed by atoms with Crippen molar-refractivity contribution >= 4 is 17.4 Å². The summed E-state index contributed by atoms with van der Waals surface area (Å²) in [6, 6.07) is 10.8. The molecular formula is C28H28F4N2O2. The van der Waals surface area contributed by atoms with Crippen LogP contribution in [0.1, 0.15) is 66.3 Å². The van der Waals surface area contributed by atoms with Crippen molar-refractivity contribution in [3.8, 4) is 5.75 Å². The van der Waals surface area contributed by atoms with E-state index < -0.39 is 23.2 Å². The van der Waals surface area contributed by atoms with Crippen LogP contribution in [0.4, 0.5) is 17.6 Å². The molecule has 4 nitrogen and oxygen atoms in total. The Kier molecular flexibility index (Phi) is 5.27. The summed E-state index contributed by atoms with van der Waals surface area (Å²) in [6.07, 6.45) is 2.71. The lowest BCUT2D eigenvalue weighted by Gasteiger charge is -2.54. The molecule has 2 atom stereocenters. The second kappa shape index (κ2) is 8.07. The number of aromatic amines is 1. The Hall–Kier alpha value is -2.87. The minimum absolute atomic E-state index is 0.108. The minimum atomic E-state index is -2.69. The van der Waals surface area contributed by atoms with E-state index in [-0.39, 0.29) is 25.3 Å². The number of carbonyl (C=O) groups is 1. The van der Waals surface area contributed by atoms with E-state index in [1.807, 2.05) is 37.4 Å². The zero-order chi connectivity index (χ0) is 25.3. The van der Waals surface area contributed by atoms with Gasteiger partial charge in [-0.3, -0.25) is 9.69 Å². The van der Waals surface area contributed by atoms with E-state index in [1.54, 1.807) is 12.1 Å². The van der Waals surface area contributed by atoms with Crippen LogP contribution < -0.4 is 4.74 Å². The van der Waals surface area contributed by atoms with E-state index in [9.17, 15) is 22.4 Å². The maximum atomic E-state index is 14.2. The predicted octanol–water partition coefficient (Wildman–Crippen LogP) is 6.89. The fourth-order valence-electron chi connectivity index (χ4n) is 6.62. The highest BCUT2D eigenvalue weighted by Gasteiger charge is 2.60. The SMILES string of the molecule is Cc1cc(C2CC2(F)F)c(CN2CCC3(CC2c2ccc(OC=O)cc2)CC(F)(F)C3)c2cc[nH]c12. The highest BCUT2D eigenvalue weighted by atomic mass is 19.3. The number of likely N-dealkylation sites (tertiary alicyclic amines) is 1. The second-order valence-electron chi connectivity index (χ2n) is 11.0. The number of aromatic nitrogens is 1. The zero-order valence-electron chi connectivity index (χ0n) is 20.0. The van der Waals surface area contributed by atoms with Crippen molar-refractivity contribution in [3.63, 3.8) is 0 Å². The van der Waals surface area contributed by atoms with Gasteiger partial charge < -0.3 is 9.72 Å². The van der Waals surface area contributed by atoms with Gasteiger partial charge in [-0.15, -0.1) is 0 Å². The van der Waals surface area contributed by atoms with Gasteiger partial charge in [-0.25, -0.2) is 17.6 Å². The molecule has 2 unspecified atom stereocenters. The summed E-state index contributed by atoms with van der Waals surface area (Å²) in [5, 5.41) is 0.941. The molecule has 190 valence electrons. The number of aryl methyl sites for hydroxylation is 1. The first-order valence-corrected chi connectivity index (χ1v) is 12.4. The summed E-state index contributed by atoms with van der Waals surface area (Å²) in [4.78, 5) is 16.2. The van der Waals surface area contributed by atoms with Gasteiger partial charge in [-0.05, 0) is 72.2 Å². The molecule has 2 saturated carbocycles. The Bertz CT molecular complexity index is 1310. The zero-order valence-corrected chi connectivity index (χ0v) is 20.0. The van der Waals surface area contributed by atoms with Crippen molar-refractivity contribution in [1.29, 1.82) is 0 Å². The lowest BCUT2D eigenvalue weighted by atomic mass is 9.59. The van der Waals surface area contributed by atoms with Gasteiger partial charge in [0.2, 0.25) is 5.92 Å². The van der Waals surface area contributed by atoms with Crippen molar-refractivity contribution in [2.24, 2.45) is 5.41 Å². The molecule has 2 heterocycles. The fraction of sp³-hybridized carbons (Fsp3) is 0.464. The molecule has 1 aromatic heterocycles. The van der Waals surface area contributed by atoms with E-state index in [0.29, 0.717) is 43.7 Å². The monoisotopic (exact) mass is 500 g/mol. The fourth-order valence-corrected chi connectivity index (χ4v) is 6.62. The van der Waals surface area contributed by atoms with Crippen LogP contribution in [0.15, 0.2) is 42.6 Å². The second-order valence-corrected chi connectivity index (χ2v) is 11.0. The average molecular weight is 501 g/mol. The molecule has 0 amide bonds. The van der Waals surface area contributed by atoms with Crippen molar-refractivity contribution in [2.45, 2.75) is 69.4 Å². The van der Waals surface area contributed by atoms with Crippen LogP contribution in [0.5, 0.6) is 5.75 Å². The molecular weight excluding hydrogens is 472 g/mol. The van der Waals surface area contributed by atoms with Gasteiger partial charge in [0, 0.05) is 48.9 Å². The van der Waals surface area contributed by atoms with Gasteiger partial charge in [0.1, 0.15) is 5.75 Å². The lowest BCUT2D eigenvalue weighted by Crippen LogP contribution is -2.53. The number of nitrogens with one attached hydrogen (secondary N) is 1. The van der Waals surface area contributed by atoms with E-state index in [0.717, 1.165) is 27.6 Å². The number of ether oxygens (including phenoxy) is 1. The smallest absolute Gasteiger partial charge is 0.298 e. The standard InChI is InChI=1S/C28H28F4N2O2/c1-17-10-21(23-11-28(23,31)32)22(20-6-8-33-25(17)20)13-34-9-7-26(14-27(29,30)15-26)12-24(34)18-2-4-19(5-3-18)36-16-35/h2-6,8,10,16,23-24,33H,7,9,11-15H2,1H3. The van der Waals surface area contributed by atoms with Gasteiger partial charge >= 0.3 is 0 Å². The number of halogens is 4. The summed E-state index contributed by atoms with van der Waals surface area (Å²) in [5.41, 5.74) is 3.99. The van der Waals surface area contributed by atoms with Crippen LogP contribution in [-0.2, 0) is 11.3 Å². The molecule has 1 spiro atoms. The topological polar surface area (TPSA) is 45.3 Å². The van der Waals surface area contributed by atoms with E-state index in [2.05, 4.69) is 9.88 Å². The molecule has 36 heavy (non-hydrogen) atoms. The molecule has 3 aromatic rings. The number of hydrogen-bond acceptors (Lipinski definition) is 3. The Morgan fingerprint density at radius 2 is 1.83 bits per heavy atom. The summed E-state index contributed by atoms with van der Waals surface area (Å²) in [7, 11) is 0. The van der Waals surface area contributed by atoms with Gasteiger partial charge in [0.15, 0.2) is 0 Å². The van der Waals surface area contributed by atoms with Gasteiger partial charge in [0.25, 0.3) is 12.4 Å². The predicted molar refractivity (Wildman–Crippen MR) is 127 cm³/mol. The molecule has 2 aromatic carbocycles. The van der Waals surface area contributed by atoms with Crippen LogP contribution in [0.2, 0.25) is 0 Å². The normalized spacial score (nSPS) is 26.0. The number of alkyl halides is 4. The molecule has 1 N–H and O–H groups in total. The Morgan fingerprint density at radius 1 is 1.11 bits per heavy atom. The Labute approximate surface area is 206 Å². The van der Waals surface area contributed by atoms with Crippen molar-refractivity contribution in [3.05, 3.63) is 64.8 Å². The number of fused-ring (bicyclic) bond motifs is 1. The van der Waals surface area contributed by atoms with Crippen LogP contribution in [0.3, 0.4) is 0 Å². The number of carbonyl (C=O) groups excluding carboxylic acids is 1. The van der Waals surface area contributed by atoms with Gasteiger partial charge in [-0.2, -0.15) is 0 Å². The number of hydrogen-bond donors (Lipinski definition) is 1. The first-order chi connectivity index (χ1) is 17.1. The molecule has 1 aliphatic heterocycles. The molecule has 3 aliphatic rings. The van der Waals surface area contributed by atoms with Crippen molar-refractivity contribution in [1.82, 2.24) is 9.88 Å². The summed E-state index contributed by atoms with van der Waals surface area (Å²) in [5.74, 6) is -5.69. The number of H-pyrrole nitrogens is 1. The number of rotatable bonds is 6. The van der Waals surface area contributed by atoms with Crippen LogP contribution >= 0.6 is 0 Å². The molecule has 6 rings (SSSR count). The first-order valence-electron chi connectivity index (χ1n) is 12.4. The van der Waals surface area contributed by atoms with Gasteiger partial charge in [0.05, 0.1) is 5.92 Å². The van der Waals surface area contributed by atoms with Crippen LogP contribution in [0.25, 0.3) is 10.9 Å². The van der Waals surface area contributed by atoms with Crippen LogP contribution in [-0.4, -0.2) is 34.7 Å². The highest BCUT2D eigenvalue weighted by Crippen LogP contribution is 2.61. The summed E-state index contributed by atoms with van der Waals surface area (Å²) < 4.78 is 61.3. The average Bonchev–Trinajstić information content (AvgIpc) is 3.19. The molecule has 1 saturated heterocycles. The van der Waals surface area contributed by atoms with E-state index in [1.165, 1.54) is 0 Å². The molecule has 2 aliphatic carbocycles. The molecule has 8 heteroatoms. The lowest BCUT2D eigenvalue weighted by molar-refractivity contribution is -0.186. The summed E-state index contributed by atoms with van der Waals surface area (Å²) >= 11 is 0. The Morgan fingerprint density at radius 3 is 2.47 bits per heavy atom. The van der Waals surface area contributed by atoms with Crippen molar-refractivity contribution < 1.29 is 27.1 Å². The largest absolute Gasteiger partial charge is 0.429 e. The number of nitrogens with zero attached hydrogens (tertiary/aromatic N) is 1. The third-order valence-electron chi connectivity index (χ3n) is 8.46. The van der Waals surface area contributed by atoms with Gasteiger partial charge in [-0.1, -0.05) is 18.2 Å². The van der Waals surface area contributed by atoms with E-state index >= 15 is 0 Å². The number of benzene rings is 2. The summed E-state index contributed by atoms with van der Waals surface area (Å²) in [6.45, 7) is 3.36. The highest BCUT2D eigenvalue weighted by molar-refractivity contribution is 5.87.